The fraction of sp³-hybridized carbons (Fsp3) is 0.333. The molecular weight excluding hydrogens is 354 g/mol. The standard InChI is InChI=1S/C12H17N7O3S2/c1-19-12(15-17-18-19)23-7-6-13-11(20)14-9-4-3-5-10(8-9)16-24(2,21)22/h3-5,8,16H,6-7H2,1-2H3,(H2,13,14,20). The molecule has 0 unspecified atom stereocenters. The van der Waals surface area contributed by atoms with Crippen molar-refractivity contribution in [2.24, 2.45) is 7.05 Å². The van der Waals surface area contributed by atoms with Crippen LogP contribution < -0.4 is 15.4 Å². The second-order valence-electron chi connectivity index (χ2n) is 4.77. The fourth-order valence-corrected chi connectivity index (χ4v) is 2.96. The lowest BCUT2D eigenvalue weighted by molar-refractivity contribution is 0.252. The maximum absolute atomic E-state index is 11.8. The van der Waals surface area contributed by atoms with Gasteiger partial charge in [-0.1, -0.05) is 17.8 Å². The number of tetrazole rings is 1. The van der Waals surface area contributed by atoms with Gasteiger partial charge in [-0.25, -0.2) is 17.9 Å². The molecule has 1 aromatic heterocycles. The van der Waals surface area contributed by atoms with Gasteiger partial charge in [-0.2, -0.15) is 0 Å². The minimum atomic E-state index is -3.36. The second-order valence-corrected chi connectivity index (χ2v) is 7.58. The number of anilines is 2. The van der Waals surface area contributed by atoms with Crippen LogP contribution in [0, 0.1) is 0 Å². The van der Waals surface area contributed by atoms with Gasteiger partial charge in [0, 0.05) is 25.0 Å². The van der Waals surface area contributed by atoms with Gasteiger partial charge in [0.25, 0.3) is 0 Å². The highest BCUT2D eigenvalue weighted by molar-refractivity contribution is 7.99. The Morgan fingerprint density at radius 3 is 2.75 bits per heavy atom. The van der Waals surface area contributed by atoms with E-state index < -0.39 is 10.0 Å². The number of nitrogens with zero attached hydrogens (tertiary/aromatic N) is 4. The fourth-order valence-electron chi connectivity index (χ4n) is 1.70. The van der Waals surface area contributed by atoms with Gasteiger partial charge >= 0.3 is 6.03 Å². The van der Waals surface area contributed by atoms with E-state index in [1.165, 1.54) is 17.8 Å². The molecule has 0 fully saturated rings. The number of amides is 2. The lowest BCUT2D eigenvalue weighted by Gasteiger charge is -2.09. The molecule has 24 heavy (non-hydrogen) atoms. The van der Waals surface area contributed by atoms with Crippen LogP contribution in [0.25, 0.3) is 0 Å². The van der Waals surface area contributed by atoms with Crippen molar-refractivity contribution in [2.45, 2.75) is 5.16 Å². The van der Waals surface area contributed by atoms with Crippen molar-refractivity contribution >= 4 is 39.2 Å². The Morgan fingerprint density at radius 1 is 1.33 bits per heavy atom. The van der Waals surface area contributed by atoms with E-state index in [-0.39, 0.29) is 6.03 Å². The summed E-state index contributed by atoms with van der Waals surface area (Å²) in [6, 6.07) is 6.03. The summed E-state index contributed by atoms with van der Waals surface area (Å²) in [5.74, 6) is 0.608. The molecular formula is C12H17N7O3S2. The Morgan fingerprint density at radius 2 is 2.08 bits per heavy atom. The van der Waals surface area contributed by atoms with Gasteiger partial charge in [0.1, 0.15) is 0 Å². The van der Waals surface area contributed by atoms with Gasteiger partial charge in [-0.3, -0.25) is 4.72 Å². The highest BCUT2D eigenvalue weighted by Crippen LogP contribution is 2.16. The van der Waals surface area contributed by atoms with Gasteiger partial charge in [-0.05, 0) is 28.6 Å². The first-order valence-electron chi connectivity index (χ1n) is 6.81. The van der Waals surface area contributed by atoms with Crippen LogP contribution >= 0.6 is 11.8 Å². The quantitative estimate of drug-likeness (QED) is 0.477. The smallest absolute Gasteiger partial charge is 0.319 e. The van der Waals surface area contributed by atoms with Crippen LogP contribution in [0.3, 0.4) is 0 Å². The average Bonchev–Trinajstić information content (AvgIpc) is 2.87. The van der Waals surface area contributed by atoms with Crippen LogP contribution in [0.2, 0.25) is 0 Å². The van der Waals surface area contributed by atoms with Crippen molar-refractivity contribution in [3.8, 4) is 0 Å². The summed E-state index contributed by atoms with van der Waals surface area (Å²) in [7, 11) is -1.63. The number of hydrogen-bond donors (Lipinski definition) is 3. The summed E-state index contributed by atoms with van der Waals surface area (Å²) in [5.41, 5.74) is 0.854. The number of nitrogens with one attached hydrogen (secondary N) is 3. The third kappa shape index (κ3) is 6.04. The Hall–Kier alpha value is -2.34. The van der Waals surface area contributed by atoms with Gasteiger partial charge in [0.2, 0.25) is 15.2 Å². The summed E-state index contributed by atoms with van der Waals surface area (Å²) in [4.78, 5) is 11.8. The Labute approximate surface area is 143 Å². The number of carbonyl (C=O) groups is 1. The number of aromatic nitrogens is 4. The Balaban J connectivity index is 1.78. The highest BCUT2D eigenvalue weighted by Gasteiger charge is 2.06. The van der Waals surface area contributed by atoms with E-state index in [4.69, 9.17) is 0 Å². The first kappa shape index (κ1) is 18.0. The maximum Gasteiger partial charge on any atom is 0.319 e. The molecule has 2 rings (SSSR count). The summed E-state index contributed by atoms with van der Waals surface area (Å²) in [6.45, 7) is 0.421. The molecule has 0 bridgehead atoms. The number of rotatable bonds is 7. The Kier molecular flexibility index (Phi) is 5.98. The van der Waals surface area contributed by atoms with Crippen LogP contribution in [0.1, 0.15) is 0 Å². The van der Waals surface area contributed by atoms with Crippen LogP contribution in [-0.2, 0) is 17.1 Å². The zero-order chi connectivity index (χ0) is 17.6. The summed E-state index contributed by atoms with van der Waals surface area (Å²) >= 11 is 1.42. The molecule has 0 saturated carbocycles. The normalized spacial score (nSPS) is 11.1. The minimum Gasteiger partial charge on any atom is -0.337 e. The van der Waals surface area contributed by atoms with Gasteiger partial charge in [0.15, 0.2) is 0 Å². The molecule has 10 nitrogen and oxygen atoms in total. The lowest BCUT2D eigenvalue weighted by atomic mass is 10.3. The van der Waals surface area contributed by atoms with Crippen molar-refractivity contribution < 1.29 is 13.2 Å². The first-order valence-corrected chi connectivity index (χ1v) is 9.69. The van der Waals surface area contributed by atoms with E-state index in [0.29, 0.717) is 28.8 Å². The third-order valence-electron chi connectivity index (χ3n) is 2.62. The molecule has 0 aliphatic carbocycles. The SMILES string of the molecule is Cn1nnnc1SCCNC(=O)Nc1cccc(NS(C)(=O)=O)c1. The van der Waals surface area contributed by atoms with Gasteiger partial charge in [-0.15, -0.1) is 5.10 Å². The predicted octanol–water partition coefficient (Wildman–Crippen LogP) is 0.495. The molecule has 0 atom stereocenters. The molecule has 0 aliphatic rings. The van der Waals surface area contributed by atoms with E-state index in [1.807, 2.05) is 0 Å². The largest absolute Gasteiger partial charge is 0.337 e. The zero-order valence-electron chi connectivity index (χ0n) is 13.1. The van der Waals surface area contributed by atoms with Crippen molar-refractivity contribution in [1.29, 1.82) is 0 Å². The second kappa shape index (κ2) is 7.97. The predicted molar refractivity (Wildman–Crippen MR) is 91.5 cm³/mol. The lowest BCUT2D eigenvalue weighted by Crippen LogP contribution is -2.30. The van der Waals surface area contributed by atoms with E-state index in [9.17, 15) is 13.2 Å². The van der Waals surface area contributed by atoms with E-state index in [0.717, 1.165) is 6.26 Å². The van der Waals surface area contributed by atoms with Gasteiger partial charge < -0.3 is 10.6 Å². The number of hydrogen-bond acceptors (Lipinski definition) is 7. The summed E-state index contributed by atoms with van der Waals surface area (Å²) in [6.07, 6.45) is 1.06. The molecule has 1 heterocycles. The third-order valence-corrected chi connectivity index (χ3v) is 4.24. The van der Waals surface area contributed by atoms with Crippen molar-refractivity contribution in [2.75, 3.05) is 28.6 Å². The van der Waals surface area contributed by atoms with Crippen LogP contribution in [-0.4, -0.2) is 53.2 Å². The molecule has 2 amide bonds. The first-order chi connectivity index (χ1) is 11.3. The molecule has 12 heteroatoms. The number of sulfonamides is 1. The molecule has 0 aliphatic heterocycles. The molecule has 0 radical (unpaired) electrons. The molecule has 130 valence electrons. The van der Waals surface area contributed by atoms with Crippen LogP contribution in [0.4, 0.5) is 16.2 Å². The molecule has 1 aromatic carbocycles. The number of aryl methyl sites for hydroxylation is 1. The molecule has 0 saturated heterocycles. The molecule has 3 N–H and O–H groups in total. The van der Waals surface area contributed by atoms with Crippen molar-refractivity contribution in [1.82, 2.24) is 25.5 Å². The number of benzene rings is 1. The van der Waals surface area contributed by atoms with Crippen LogP contribution in [0.5, 0.6) is 0 Å². The van der Waals surface area contributed by atoms with E-state index >= 15 is 0 Å². The Bertz CT molecular complexity index is 806. The minimum absolute atomic E-state index is 0.376. The monoisotopic (exact) mass is 371 g/mol. The number of urea groups is 1. The van der Waals surface area contributed by atoms with E-state index in [2.05, 4.69) is 30.9 Å². The maximum atomic E-state index is 11.8. The van der Waals surface area contributed by atoms with Gasteiger partial charge in [0.05, 0.1) is 11.9 Å². The van der Waals surface area contributed by atoms with E-state index in [1.54, 1.807) is 29.9 Å². The summed E-state index contributed by atoms with van der Waals surface area (Å²) in [5, 5.41) is 17.0. The molecule has 2 aromatic rings. The zero-order valence-corrected chi connectivity index (χ0v) is 14.7. The van der Waals surface area contributed by atoms with Crippen LogP contribution in [0.15, 0.2) is 29.4 Å². The average molecular weight is 371 g/mol. The summed E-state index contributed by atoms with van der Waals surface area (Å²) < 4.78 is 26.3. The van der Waals surface area contributed by atoms with Crippen molar-refractivity contribution in [3.63, 3.8) is 0 Å². The van der Waals surface area contributed by atoms with Crippen molar-refractivity contribution in [3.05, 3.63) is 24.3 Å². The number of thioether (sulfide) groups is 1. The topological polar surface area (TPSA) is 131 Å². The highest BCUT2D eigenvalue weighted by atomic mass is 32.2. The number of carbonyl (C=O) groups excluding carboxylic acids is 1. The molecule has 0 spiro atoms.